The summed E-state index contributed by atoms with van der Waals surface area (Å²) in [7, 11) is 3.65. The Morgan fingerprint density at radius 1 is 1.14 bits per heavy atom. The Morgan fingerprint density at radius 2 is 1.77 bits per heavy atom. The van der Waals surface area contributed by atoms with Crippen molar-refractivity contribution >= 4 is 12.0 Å². The number of nitrogens with one attached hydrogen (secondary N) is 1. The average molecular weight is 305 g/mol. The van der Waals surface area contributed by atoms with Crippen LogP contribution in [0.1, 0.15) is 11.1 Å². The van der Waals surface area contributed by atoms with Gasteiger partial charge in [-0.25, -0.2) is 4.79 Å². The smallest absolute Gasteiger partial charge is 0.410 e. The monoisotopic (exact) mass is 305 g/mol. The average Bonchev–Trinajstić information content (AvgIpc) is 2.54. The molecule has 1 aliphatic heterocycles. The first-order chi connectivity index (χ1) is 10.6. The van der Waals surface area contributed by atoms with E-state index in [1.165, 1.54) is 0 Å². The lowest BCUT2D eigenvalue weighted by Gasteiger charge is -2.31. The lowest BCUT2D eigenvalue weighted by molar-refractivity contribution is -0.119. The SMILES string of the molecule is CNC(=O)Cc1ccccc1COC(=O)N1CCN(C)CC1. The van der Waals surface area contributed by atoms with Crippen molar-refractivity contribution in [3.63, 3.8) is 0 Å². The van der Waals surface area contributed by atoms with Crippen LogP contribution in [0.5, 0.6) is 0 Å². The molecule has 2 rings (SSSR count). The fourth-order valence-electron chi connectivity index (χ4n) is 2.35. The molecular formula is C16H23N3O3. The van der Waals surface area contributed by atoms with Crippen molar-refractivity contribution in [2.45, 2.75) is 13.0 Å². The van der Waals surface area contributed by atoms with Crippen LogP contribution >= 0.6 is 0 Å². The van der Waals surface area contributed by atoms with Gasteiger partial charge in [-0.15, -0.1) is 0 Å². The minimum Gasteiger partial charge on any atom is -0.445 e. The molecule has 22 heavy (non-hydrogen) atoms. The summed E-state index contributed by atoms with van der Waals surface area (Å²) in [6.07, 6.45) is 0.00138. The molecule has 0 aromatic heterocycles. The van der Waals surface area contributed by atoms with Crippen molar-refractivity contribution in [2.75, 3.05) is 40.3 Å². The summed E-state index contributed by atoms with van der Waals surface area (Å²) in [5.41, 5.74) is 1.75. The van der Waals surface area contributed by atoms with E-state index in [1.807, 2.05) is 31.3 Å². The topological polar surface area (TPSA) is 61.9 Å². The zero-order valence-corrected chi connectivity index (χ0v) is 13.2. The van der Waals surface area contributed by atoms with Gasteiger partial charge in [0, 0.05) is 33.2 Å². The van der Waals surface area contributed by atoms with Crippen molar-refractivity contribution in [2.24, 2.45) is 0 Å². The Morgan fingerprint density at radius 3 is 2.41 bits per heavy atom. The van der Waals surface area contributed by atoms with Crippen LogP contribution in [0.25, 0.3) is 0 Å². The highest BCUT2D eigenvalue weighted by Gasteiger charge is 2.20. The molecule has 0 atom stereocenters. The Hall–Kier alpha value is -2.08. The first kappa shape index (κ1) is 16.3. The van der Waals surface area contributed by atoms with Gasteiger partial charge in [0.05, 0.1) is 6.42 Å². The van der Waals surface area contributed by atoms with E-state index >= 15 is 0 Å². The highest BCUT2D eigenvalue weighted by Crippen LogP contribution is 2.12. The zero-order chi connectivity index (χ0) is 15.9. The lowest BCUT2D eigenvalue weighted by atomic mass is 10.1. The van der Waals surface area contributed by atoms with Gasteiger partial charge in [-0.05, 0) is 18.2 Å². The van der Waals surface area contributed by atoms with Crippen LogP contribution in [0.3, 0.4) is 0 Å². The number of piperazine rings is 1. The van der Waals surface area contributed by atoms with E-state index in [4.69, 9.17) is 4.74 Å². The van der Waals surface area contributed by atoms with E-state index in [1.54, 1.807) is 11.9 Å². The van der Waals surface area contributed by atoms with Crippen molar-refractivity contribution in [3.05, 3.63) is 35.4 Å². The number of amides is 2. The number of hydrogen-bond acceptors (Lipinski definition) is 4. The van der Waals surface area contributed by atoms with Crippen molar-refractivity contribution in [1.82, 2.24) is 15.1 Å². The molecule has 0 aliphatic carbocycles. The molecule has 0 saturated carbocycles. The quantitative estimate of drug-likeness (QED) is 0.896. The fraction of sp³-hybridized carbons (Fsp3) is 0.500. The summed E-state index contributed by atoms with van der Waals surface area (Å²) in [5, 5.41) is 2.60. The zero-order valence-electron chi connectivity index (χ0n) is 13.2. The summed E-state index contributed by atoms with van der Waals surface area (Å²) in [5.74, 6) is -0.0576. The summed E-state index contributed by atoms with van der Waals surface area (Å²) < 4.78 is 5.40. The minimum atomic E-state index is -0.289. The molecule has 6 nitrogen and oxygen atoms in total. The van der Waals surface area contributed by atoms with Crippen molar-refractivity contribution in [3.8, 4) is 0 Å². The first-order valence-corrected chi connectivity index (χ1v) is 7.47. The Labute approximate surface area is 131 Å². The molecule has 1 aliphatic rings. The van der Waals surface area contributed by atoms with Crippen LogP contribution in [0.2, 0.25) is 0 Å². The molecule has 120 valence electrons. The van der Waals surface area contributed by atoms with Gasteiger partial charge in [0.15, 0.2) is 0 Å². The van der Waals surface area contributed by atoms with Crippen LogP contribution in [0.4, 0.5) is 4.79 Å². The summed E-state index contributed by atoms with van der Waals surface area (Å²) in [4.78, 5) is 27.5. The predicted molar refractivity (Wildman–Crippen MR) is 83.5 cm³/mol. The number of likely N-dealkylation sites (N-methyl/N-ethyl adjacent to an activating group) is 2. The molecule has 1 aromatic carbocycles. The van der Waals surface area contributed by atoms with Gasteiger partial charge in [-0.3, -0.25) is 4.79 Å². The molecule has 6 heteroatoms. The number of ether oxygens (including phenoxy) is 1. The van der Waals surface area contributed by atoms with E-state index in [-0.39, 0.29) is 18.6 Å². The fourth-order valence-corrected chi connectivity index (χ4v) is 2.35. The number of hydrogen-bond donors (Lipinski definition) is 1. The molecule has 0 spiro atoms. The van der Waals surface area contributed by atoms with Gasteiger partial charge in [0.2, 0.25) is 5.91 Å². The maximum atomic E-state index is 12.1. The van der Waals surface area contributed by atoms with Crippen LogP contribution in [-0.4, -0.2) is 62.1 Å². The third-order valence-corrected chi connectivity index (χ3v) is 3.86. The van der Waals surface area contributed by atoms with E-state index in [0.29, 0.717) is 19.5 Å². The van der Waals surface area contributed by atoms with Crippen LogP contribution in [0, 0.1) is 0 Å². The normalized spacial score (nSPS) is 15.5. The third-order valence-electron chi connectivity index (χ3n) is 3.86. The van der Waals surface area contributed by atoms with Gasteiger partial charge >= 0.3 is 6.09 Å². The van der Waals surface area contributed by atoms with Gasteiger partial charge in [-0.1, -0.05) is 24.3 Å². The summed E-state index contributed by atoms with van der Waals surface area (Å²) >= 11 is 0. The molecule has 1 saturated heterocycles. The van der Waals surface area contributed by atoms with Gasteiger partial charge in [0.25, 0.3) is 0 Å². The molecule has 0 radical (unpaired) electrons. The number of benzene rings is 1. The maximum Gasteiger partial charge on any atom is 0.410 e. The minimum absolute atomic E-state index is 0.0576. The van der Waals surface area contributed by atoms with E-state index in [0.717, 1.165) is 24.2 Å². The highest BCUT2D eigenvalue weighted by atomic mass is 16.6. The lowest BCUT2D eigenvalue weighted by Crippen LogP contribution is -2.47. The molecule has 1 N–H and O–H groups in total. The van der Waals surface area contributed by atoms with Crippen LogP contribution in [-0.2, 0) is 22.6 Å². The standard InChI is InChI=1S/C16H23N3O3/c1-17-15(20)11-13-5-3-4-6-14(13)12-22-16(21)19-9-7-18(2)8-10-19/h3-6H,7-12H2,1-2H3,(H,17,20). The summed E-state index contributed by atoms with van der Waals surface area (Å²) in [6.45, 7) is 3.30. The van der Waals surface area contributed by atoms with E-state index in [2.05, 4.69) is 10.2 Å². The van der Waals surface area contributed by atoms with Crippen molar-refractivity contribution < 1.29 is 14.3 Å². The molecule has 0 bridgehead atoms. The summed E-state index contributed by atoms with van der Waals surface area (Å²) in [6, 6.07) is 7.53. The second-order valence-corrected chi connectivity index (χ2v) is 5.46. The van der Waals surface area contributed by atoms with Gasteiger partial charge in [-0.2, -0.15) is 0 Å². The predicted octanol–water partition coefficient (Wildman–Crippen LogP) is 0.859. The second-order valence-electron chi connectivity index (χ2n) is 5.46. The van der Waals surface area contributed by atoms with Crippen molar-refractivity contribution in [1.29, 1.82) is 0 Å². The van der Waals surface area contributed by atoms with Crippen LogP contribution < -0.4 is 5.32 Å². The van der Waals surface area contributed by atoms with Crippen LogP contribution in [0.15, 0.2) is 24.3 Å². The molecule has 1 heterocycles. The van der Waals surface area contributed by atoms with Gasteiger partial charge < -0.3 is 19.9 Å². The third kappa shape index (κ3) is 4.46. The number of nitrogens with zero attached hydrogens (tertiary/aromatic N) is 2. The second kappa shape index (κ2) is 7.79. The molecule has 1 aromatic rings. The molecular weight excluding hydrogens is 282 g/mol. The number of rotatable bonds is 4. The maximum absolute atomic E-state index is 12.1. The largest absolute Gasteiger partial charge is 0.445 e. The number of carbonyl (C=O) groups is 2. The number of carbonyl (C=O) groups excluding carboxylic acids is 2. The first-order valence-electron chi connectivity index (χ1n) is 7.47. The Bertz CT molecular complexity index is 525. The van der Waals surface area contributed by atoms with E-state index < -0.39 is 0 Å². The Balaban J connectivity index is 1.91. The molecule has 1 fully saturated rings. The molecule has 2 amide bonds. The van der Waals surface area contributed by atoms with Gasteiger partial charge in [0.1, 0.15) is 6.61 Å². The Kier molecular flexibility index (Phi) is 5.77. The highest BCUT2D eigenvalue weighted by molar-refractivity contribution is 5.78. The van der Waals surface area contributed by atoms with E-state index in [9.17, 15) is 9.59 Å². The molecule has 0 unspecified atom stereocenters.